The van der Waals surface area contributed by atoms with Gasteiger partial charge in [0.2, 0.25) is 11.8 Å². The molecule has 3 aromatic rings. The average molecular weight is 582 g/mol. The lowest BCUT2D eigenvalue weighted by Gasteiger charge is -2.29. The molecule has 3 aromatic carbocycles. The van der Waals surface area contributed by atoms with Crippen molar-refractivity contribution >= 4 is 23.4 Å². The molecule has 2 fully saturated rings. The van der Waals surface area contributed by atoms with Crippen molar-refractivity contribution in [3.63, 3.8) is 0 Å². The van der Waals surface area contributed by atoms with Crippen LogP contribution in [0.3, 0.4) is 0 Å². The smallest absolute Gasteiger partial charge is 0.237 e. The third-order valence-corrected chi connectivity index (χ3v) is 9.44. The summed E-state index contributed by atoms with van der Waals surface area (Å²) < 4.78 is 0. The molecular weight excluding hydrogens is 542 g/mol. The number of rotatable bonds is 8. The van der Waals surface area contributed by atoms with Gasteiger partial charge in [-0.25, -0.2) is 0 Å². The molecule has 2 aliphatic heterocycles. The Kier molecular flexibility index (Phi) is 9.07. The molecule has 0 bridgehead atoms. The van der Waals surface area contributed by atoms with Gasteiger partial charge in [-0.2, -0.15) is 0 Å². The van der Waals surface area contributed by atoms with E-state index >= 15 is 0 Å². The van der Waals surface area contributed by atoms with Gasteiger partial charge in [-0.05, 0) is 90.8 Å². The van der Waals surface area contributed by atoms with E-state index < -0.39 is 0 Å². The number of allylic oxidation sites excluding steroid dienone is 1. The van der Waals surface area contributed by atoms with Crippen LogP contribution in [0.5, 0.6) is 0 Å². The lowest BCUT2D eigenvalue weighted by Crippen LogP contribution is -2.50. The van der Waals surface area contributed by atoms with E-state index in [-0.39, 0.29) is 23.9 Å². The Bertz CT molecular complexity index is 1440. The molecule has 5 nitrogen and oxygen atoms in total. The number of amides is 2. The number of halogens is 1. The molecule has 2 amide bonds. The average Bonchev–Trinajstić information content (AvgIpc) is 3.42. The van der Waals surface area contributed by atoms with Gasteiger partial charge in [0.1, 0.15) is 0 Å². The van der Waals surface area contributed by atoms with Crippen molar-refractivity contribution in [2.75, 3.05) is 6.54 Å². The van der Waals surface area contributed by atoms with E-state index in [9.17, 15) is 9.59 Å². The molecule has 218 valence electrons. The molecule has 1 aliphatic carbocycles. The van der Waals surface area contributed by atoms with Gasteiger partial charge >= 0.3 is 0 Å². The van der Waals surface area contributed by atoms with Crippen molar-refractivity contribution in [3.8, 4) is 0 Å². The van der Waals surface area contributed by atoms with Crippen LogP contribution in [0.25, 0.3) is 0 Å². The second-order valence-corrected chi connectivity index (χ2v) is 12.5. The second-order valence-electron chi connectivity index (χ2n) is 12.1. The third-order valence-electron chi connectivity index (χ3n) is 9.19. The number of benzene rings is 3. The Labute approximate surface area is 254 Å². The molecular formula is C36H40ClN3O2. The lowest BCUT2D eigenvalue weighted by molar-refractivity contribution is -0.128. The molecule has 2 atom stereocenters. The maximum Gasteiger partial charge on any atom is 0.237 e. The third kappa shape index (κ3) is 6.96. The van der Waals surface area contributed by atoms with Gasteiger partial charge in [0.25, 0.3) is 0 Å². The molecule has 6 rings (SSSR count). The number of nitrogens with zero attached hydrogens (tertiary/aromatic N) is 1. The number of hydrogen-bond acceptors (Lipinski definition) is 3. The first-order valence-corrected chi connectivity index (χ1v) is 15.8. The minimum absolute atomic E-state index is 0.0550. The van der Waals surface area contributed by atoms with Crippen LogP contribution in [0.2, 0.25) is 5.02 Å². The molecule has 1 saturated carbocycles. The lowest BCUT2D eigenvalue weighted by atomic mass is 9.79. The van der Waals surface area contributed by atoms with Crippen LogP contribution in [0.15, 0.2) is 84.4 Å². The quantitative estimate of drug-likeness (QED) is 0.299. The normalized spacial score (nSPS) is 21.1. The summed E-state index contributed by atoms with van der Waals surface area (Å²) in [7, 11) is 0. The second kappa shape index (κ2) is 13.3. The van der Waals surface area contributed by atoms with Gasteiger partial charge < -0.3 is 15.5 Å². The summed E-state index contributed by atoms with van der Waals surface area (Å²) in [6, 6.07) is 24.7. The molecule has 3 aliphatic rings. The largest absolute Gasteiger partial charge is 0.348 e. The van der Waals surface area contributed by atoms with Gasteiger partial charge in [0.05, 0.1) is 12.1 Å². The Morgan fingerprint density at radius 1 is 0.976 bits per heavy atom. The number of fused-ring (bicyclic) bond motifs is 1. The zero-order valence-corrected chi connectivity index (χ0v) is 24.9. The van der Waals surface area contributed by atoms with Crippen molar-refractivity contribution in [1.82, 2.24) is 15.5 Å². The van der Waals surface area contributed by atoms with Crippen molar-refractivity contribution < 1.29 is 9.59 Å². The van der Waals surface area contributed by atoms with Gasteiger partial charge in [0.15, 0.2) is 0 Å². The monoisotopic (exact) mass is 581 g/mol. The van der Waals surface area contributed by atoms with E-state index in [4.69, 9.17) is 11.6 Å². The Morgan fingerprint density at radius 2 is 1.71 bits per heavy atom. The Hall–Kier alpha value is -3.41. The number of carbonyl (C=O) groups is 2. The fraction of sp³-hybridized carbons (Fsp3) is 0.389. The van der Waals surface area contributed by atoms with E-state index in [1.54, 1.807) is 0 Å². The Balaban J connectivity index is 1.13. The molecule has 0 unspecified atom stereocenters. The van der Waals surface area contributed by atoms with Crippen LogP contribution in [-0.2, 0) is 35.5 Å². The molecule has 0 aromatic heterocycles. The van der Waals surface area contributed by atoms with Crippen LogP contribution in [-0.4, -0.2) is 35.3 Å². The van der Waals surface area contributed by atoms with E-state index in [1.165, 1.54) is 27.8 Å². The van der Waals surface area contributed by atoms with Crippen LogP contribution < -0.4 is 10.6 Å². The maximum absolute atomic E-state index is 13.5. The predicted octanol–water partition coefficient (Wildman–Crippen LogP) is 6.49. The SMILES string of the molecule is O=C(N[C@H](C=C1CCC(c2ccccc2CN2CCCC2=O)CC1)Cc1ccc(Cl)cc1)[C@H]1Cc2ccccc2CN1. The fourth-order valence-corrected chi connectivity index (χ4v) is 6.98. The molecule has 6 heteroatoms. The highest BCUT2D eigenvalue weighted by molar-refractivity contribution is 6.30. The van der Waals surface area contributed by atoms with E-state index in [0.29, 0.717) is 25.3 Å². The Morgan fingerprint density at radius 3 is 2.48 bits per heavy atom. The summed E-state index contributed by atoms with van der Waals surface area (Å²) in [5.74, 6) is 0.825. The van der Waals surface area contributed by atoms with Crippen LogP contribution in [0, 0.1) is 0 Å². The van der Waals surface area contributed by atoms with Gasteiger partial charge in [-0.15, -0.1) is 0 Å². The number of hydrogen-bond donors (Lipinski definition) is 2. The summed E-state index contributed by atoms with van der Waals surface area (Å²) in [5.41, 5.74) is 7.77. The van der Waals surface area contributed by atoms with Crippen LogP contribution >= 0.6 is 11.6 Å². The summed E-state index contributed by atoms with van der Waals surface area (Å²) in [6.45, 7) is 2.31. The summed E-state index contributed by atoms with van der Waals surface area (Å²) in [6.07, 6.45) is 9.59. The van der Waals surface area contributed by atoms with Gasteiger partial charge in [-0.3, -0.25) is 9.59 Å². The van der Waals surface area contributed by atoms with Gasteiger partial charge in [0, 0.05) is 31.1 Å². The van der Waals surface area contributed by atoms with Crippen molar-refractivity contribution in [2.24, 2.45) is 0 Å². The van der Waals surface area contributed by atoms with Crippen molar-refractivity contribution in [2.45, 2.75) is 82.5 Å². The first-order chi connectivity index (χ1) is 20.5. The molecule has 0 spiro atoms. The predicted molar refractivity (Wildman–Crippen MR) is 168 cm³/mol. The van der Waals surface area contributed by atoms with E-state index in [0.717, 1.165) is 62.2 Å². The van der Waals surface area contributed by atoms with E-state index in [1.807, 2.05) is 35.2 Å². The molecule has 42 heavy (non-hydrogen) atoms. The maximum atomic E-state index is 13.5. The van der Waals surface area contributed by atoms with E-state index in [2.05, 4.69) is 59.2 Å². The zero-order valence-electron chi connectivity index (χ0n) is 24.2. The highest BCUT2D eigenvalue weighted by Crippen LogP contribution is 2.37. The molecule has 0 radical (unpaired) electrons. The number of nitrogens with one attached hydrogen (secondary N) is 2. The number of carbonyl (C=O) groups excluding carboxylic acids is 2. The number of likely N-dealkylation sites (tertiary alicyclic amines) is 1. The summed E-state index contributed by atoms with van der Waals surface area (Å²) >= 11 is 6.15. The minimum atomic E-state index is -0.235. The summed E-state index contributed by atoms with van der Waals surface area (Å²) in [5, 5.41) is 7.53. The standard InChI is InChI=1S/C36H40ClN3O2/c37-31-17-13-26(14-18-31)21-32(39-36(42)34-22-28-6-1-2-7-29(28)23-38-34)20-25-11-15-27(16-12-25)33-9-4-3-8-30(33)24-40-19-5-10-35(40)41/h1-4,6-9,13-14,17-18,20,27,32,34,38H,5,10-12,15-16,19,21-24H2,(H,39,42)/t27?,32-,34-/m1/s1. The van der Waals surface area contributed by atoms with Crippen LogP contribution in [0.1, 0.15) is 72.3 Å². The van der Waals surface area contributed by atoms with Crippen molar-refractivity contribution in [3.05, 3.63) is 117 Å². The van der Waals surface area contributed by atoms with Gasteiger partial charge in [-0.1, -0.05) is 83.9 Å². The first-order valence-electron chi connectivity index (χ1n) is 15.4. The molecule has 2 N–H and O–H groups in total. The first kappa shape index (κ1) is 28.7. The summed E-state index contributed by atoms with van der Waals surface area (Å²) in [4.78, 5) is 27.8. The molecule has 1 saturated heterocycles. The van der Waals surface area contributed by atoms with Crippen LogP contribution in [0.4, 0.5) is 0 Å². The highest BCUT2D eigenvalue weighted by atomic mass is 35.5. The highest BCUT2D eigenvalue weighted by Gasteiger charge is 2.27. The molecule has 2 heterocycles. The zero-order chi connectivity index (χ0) is 28.9. The minimum Gasteiger partial charge on any atom is -0.348 e. The fourth-order valence-electron chi connectivity index (χ4n) is 6.85. The van der Waals surface area contributed by atoms with Crippen molar-refractivity contribution in [1.29, 1.82) is 0 Å². The topological polar surface area (TPSA) is 61.4 Å².